The molecule has 0 radical (unpaired) electrons. The van der Waals surface area contributed by atoms with E-state index in [1.807, 2.05) is 30.5 Å². The van der Waals surface area contributed by atoms with E-state index in [-0.39, 0.29) is 24.4 Å². The molecule has 2 heterocycles. The minimum atomic E-state index is -0.813. The summed E-state index contributed by atoms with van der Waals surface area (Å²) in [5.41, 5.74) is 0.931. The van der Waals surface area contributed by atoms with E-state index in [0.29, 0.717) is 25.1 Å². The van der Waals surface area contributed by atoms with Gasteiger partial charge >= 0.3 is 6.03 Å². The molecule has 1 spiro atoms. The Kier molecular flexibility index (Phi) is 5.99. The van der Waals surface area contributed by atoms with Crippen LogP contribution in [0.3, 0.4) is 0 Å². The molecule has 1 aromatic carbocycles. The number of imide groups is 1. The van der Waals surface area contributed by atoms with Gasteiger partial charge in [-0.1, -0.05) is 31.4 Å². The monoisotopic (exact) mass is 429 g/mol. The number of hydrogen-bond acceptors (Lipinski definition) is 5. The Morgan fingerprint density at radius 2 is 2.03 bits per heavy atom. The van der Waals surface area contributed by atoms with Crippen molar-refractivity contribution >= 4 is 40.6 Å². The van der Waals surface area contributed by atoms with Crippen molar-refractivity contribution in [2.45, 2.75) is 50.1 Å². The van der Waals surface area contributed by atoms with Gasteiger partial charge in [-0.15, -0.1) is 0 Å². The zero-order valence-corrected chi connectivity index (χ0v) is 17.9. The molecule has 0 unspecified atom stereocenters. The molecule has 1 saturated carbocycles. The smallest absolute Gasteiger partial charge is 0.325 e. The minimum absolute atomic E-state index is 0.272. The van der Waals surface area contributed by atoms with Crippen LogP contribution < -0.4 is 10.6 Å². The molecule has 1 aliphatic heterocycles. The summed E-state index contributed by atoms with van der Waals surface area (Å²) in [7, 11) is 0. The summed E-state index contributed by atoms with van der Waals surface area (Å²) in [6, 6.07) is 6.92. The van der Waals surface area contributed by atoms with Crippen LogP contribution in [-0.4, -0.2) is 56.8 Å². The van der Waals surface area contributed by atoms with Crippen molar-refractivity contribution in [2.24, 2.45) is 0 Å². The van der Waals surface area contributed by atoms with Crippen molar-refractivity contribution in [3.8, 4) is 0 Å². The first-order valence-electron chi connectivity index (χ1n) is 10.4. The molecule has 4 amide bonds. The van der Waals surface area contributed by atoms with Crippen molar-refractivity contribution in [1.29, 1.82) is 0 Å². The summed E-state index contributed by atoms with van der Waals surface area (Å²) in [6.45, 7) is -0.275. The van der Waals surface area contributed by atoms with Gasteiger partial charge in [0.25, 0.3) is 5.91 Å². The highest BCUT2D eigenvalue weighted by Gasteiger charge is 2.51. The fourth-order valence-corrected chi connectivity index (χ4v) is 4.82. The highest BCUT2D eigenvalue weighted by atomic mass is 32.2. The number of H-pyrrole nitrogens is 1. The van der Waals surface area contributed by atoms with E-state index in [0.717, 1.165) is 40.9 Å². The predicted molar refractivity (Wildman–Crippen MR) is 116 cm³/mol. The topological polar surface area (TPSA) is 107 Å². The van der Waals surface area contributed by atoms with Crippen LogP contribution in [0.2, 0.25) is 0 Å². The Labute approximate surface area is 179 Å². The van der Waals surface area contributed by atoms with Gasteiger partial charge < -0.3 is 15.6 Å². The van der Waals surface area contributed by atoms with Crippen LogP contribution in [0.5, 0.6) is 0 Å². The molecule has 2 aliphatic rings. The Hall–Kier alpha value is -2.55. The highest BCUT2D eigenvalue weighted by molar-refractivity contribution is 7.98. The average Bonchev–Trinajstić information content (AvgIpc) is 3.27. The molecule has 160 valence electrons. The third kappa shape index (κ3) is 4.03. The van der Waals surface area contributed by atoms with Gasteiger partial charge in [-0.3, -0.25) is 14.5 Å². The summed E-state index contributed by atoms with van der Waals surface area (Å²) in [5, 5.41) is 5.82. The van der Waals surface area contributed by atoms with Crippen LogP contribution in [0.1, 0.15) is 50.4 Å². The second-order valence-corrected chi connectivity index (χ2v) is 8.99. The van der Waals surface area contributed by atoms with E-state index in [1.54, 1.807) is 11.8 Å². The number of benzene rings is 1. The number of aromatic amines is 1. The quantitative estimate of drug-likeness (QED) is 0.587. The number of carbonyl (C=O) groups is 3. The first-order chi connectivity index (χ1) is 14.5. The van der Waals surface area contributed by atoms with Crippen molar-refractivity contribution in [1.82, 2.24) is 25.5 Å². The van der Waals surface area contributed by atoms with E-state index < -0.39 is 11.6 Å². The van der Waals surface area contributed by atoms with Crippen LogP contribution in [0.25, 0.3) is 11.0 Å². The zero-order valence-electron chi connectivity index (χ0n) is 17.1. The number of thioether (sulfide) groups is 1. The summed E-state index contributed by atoms with van der Waals surface area (Å²) in [6.07, 6.45) is 6.88. The lowest BCUT2D eigenvalue weighted by atomic mass is 9.82. The molecular formula is C21H27N5O3S. The SMILES string of the molecule is CSCC[C@H](NC(=O)CN1C(=O)NC2(CCCCC2)C1=O)c1nc2ccccc2[nH]1. The maximum atomic E-state index is 12.9. The molecule has 0 bridgehead atoms. The third-order valence-corrected chi connectivity index (χ3v) is 6.58. The van der Waals surface area contributed by atoms with Crippen LogP contribution in [-0.2, 0) is 9.59 Å². The Bertz CT molecular complexity index is 920. The Morgan fingerprint density at radius 3 is 2.77 bits per heavy atom. The van der Waals surface area contributed by atoms with Gasteiger partial charge in [0.1, 0.15) is 17.9 Å². The number of aromatic nitrogens is 2. The van der Waals surface area contributed by atoms with Crippen molar-refractivity contribution < 1.29 is 14.4 Å². The summed E-state index contributed by atoms with van der Waals surface area (Å²) < 4.78 is 0. The summed E-state index contributed by atoms with van der Waals surface area (Å²) in [5.74, 6) is 0.887. The van der Waals surface area contributed by atoms with Gasteiger partial charge in [0, 0.05) is 0 Å². The number of nitrogens with one attached hydrogen (secondary N) is 3. The van der Waals surface area contributed by atoms with Crippen molar-refractivity contribution in [2.75, 3.05) is 18.6 Å². The van der Waals surface area contributed by atoms with Crippen molar-refractivity contribution in [3.05, 3.63) is 30.1 Å². The van der Waals surface area contributed by atoms with E-state index in [2.05, 4.69) is 20.6 Å². The fourth-order valence-electron chi connectivity index (χ4n) is 4.35. The molecular weight excluding hydrogens is 402 g/mol. The van der Waals surface area contributed by atoms with E-state index >= 15 is 0 Å². The molecule has 1 saturated heterocycles. The first kappa shape index (κ1) is 20.7. The van der Waals surface area contributed by atoms with E-state index in [1.165, 1.54) is 0 Å². The number of urea groups is 1. The third-order valence-electron chi connectivity index (χ3n) is 5.94. The number of imidazole rings is 1. The molecule has 2 aromatic rings. The number of para-hydroxylation sites is 2. The van der Waals surface area contributed by atoms with Gasteiger partial charge in [0.05, 0.1) is 17.1 Å². The largest absolute Gasteiger partial charge is 0.345 e. The molecule has 9 heteroatoms. The van der Waals surface area contributed by atoms with Crippen molar-refractivity contribution in [3.63, 3.8) is 0 Å². The highest BCUT2D eigenvalue weighted by Crippen LogP contribution is 2.33. The molecule has 1 aliphatic carbocycles. The van der Waals surface area contributed by atoms with Gasteiger partial charge in [-0.2, -0.15) is 11.8 Å². The molecule has 2 fully saturated rings. The lowest BCUT2D eigenvalue weighted by Gasteiger charge is -2.30. The molecule has 3 N–H and O–H groups in total. The zero-order chi connectivity index (χ0) is 21.1. The number of rotatable bonds is 7. The summed E-state index contributed by atoms with van der Waals surface area (Å²) in [4.78, 5) is 47.1. The van der Waals surface area contributed by atoms with Crippen LogP contribution in [0, 0.1) is 0 Å². The number of carbonyl (C=O) groups excluding carboxylic acids is 3. The van der Waals surface area contributed by atoms with Crippen LogP contribution >= 0.6 is 11.8 Å². The molecule has 30 heavy (non-hydrogen) atoms. The van der Waals surface area contributed by atoms with E-state index in [9.17, 15) is 14.4 Å². The average molecular weight is 430 g/mol. The standard InChI is InChI=1S/C21H27N5O3S/c1-30-12-9-16(18-23-14-7-3-4-8-15(14)24-18)22-17(27)13-26-19(28)21(25-20(26)29)10-5-2-6-11-21/h3-4,7-8,16H,2,5-6,9-13H2,1H3,(H,22,27)(H,23,24)(H,25,29)/t16-/m0/s1. The molecule has 4 rings (SSSR count). The van der Waals surface area contributed by atoms with Gasteiger partial charge in [-0.05, 0) is 43.4 Å². The number of fused-ring (bicyclic) bond motifs is 1. The normalized spacial score (nSPS) is 19.3. The number of amides is 4. The summed E-state index contributed by atoms with van der Waals surface area (Å²) >= 11 is 1.69. The lowest BCUT2D eigenvalue weighted by molar-refractivity contribution is -0.136. The predicted octanol–water partition coefficient (Wildman–Crippen LogP) is 2.73. The number of hydrogen-bond donors (Lipinski definition) is 3. The maximum Gasteiger partial charge on any atom is 0.325 e. The molecule has 1 aromatic heterocycles. The van der Waals surface area contributed by atoms with Crippen LogP contribution in [0.15, 0.2) is 24.3 Å². The maximum absolute atomic E-state index is 12.9. The first-order valence-corrected chi connectivity index (χ1v) is 11.8. The second kappa shape index (κ2) is 8.67. The molecule has 1 atom stereocenters. The fraction of sp³-hybridized carbons (Fsp3) is 0.524. The van der Waals surface area contributed by atoms with Gasteiger partial charge in [-0.25, -0.2) is 9.78 Å². The molecule has 8 nitrogen and oxygen atoms in total. The van der Waals surface area contributed by atoms with Crippen LogP contribution in [0.4, 0.5) is 4.79 Å². The number of nitrogens with zero attached hydrogens (tertiary/aromatic N) is 2. The van der Waals surface area contributed by atoms with Gasteiger partial charge in [0.15, 0.2) is 0 Å². The Morgan fingerprint density at radius 1 is 1.27 bits per heavy atom. The van der Waals surface area contributed by atoms with Gasteiger partial charge in [0.2, 0.25) is 5.91 Å². The van der Waals surface area contributed by atoms with E-state index in [4.69, 9.17) is 0 Å². The lowest BCUT2D eigenvalue weighted by Crippen LogP contribution is -2.49. The Balaban J connectivity index is 1.46. The minimum Gasteiger partial charge on any atom is -0.345 e. The second-order valence-electron chi connectivity index (χ2n) is 8.00.